The number of benzene rings is 1. The molecule has 104 valence electrons. The Labute approximate surface area is 112 Å². The van der Waals surface area contributed by atoms with Gasteiger partial charge in [0, 0.05) is 43.7 Å². The van der Waals surface area contributed by atoms with E-state index in [0.29, 0.717) is 6.61 Å². The molecule has 1 fully saturated rings. The van der Waals surface area contributed by atoms with E-state index in [1.165, 1.54) is 0 Å². The number of hydrogen-bond donors (Lipinski definition) is 1. The molecule has 1 atom stereocenters. The maximum atomic E-state index is 11.0. The fourth-order valence-electron chi connectivity index (χ4n) is 2.25. The lowest BCUT2D eigenvalue weighted by molar-refractivity contribution is -0.384. The molecule has 1 saturated heterocycles. The fraction of sp³-hybridized carbons (Fsp3) is 0.538. The third-order valence-electron chi connectivity index (χ3n) is 3.35. The highest BCUT2D eigenvalue weighted by atomic mass is 16.6. The zero-order valence-electron chi connectivity index (χ0n) is 11.3. The van der Waals surface area contributed by atoms with Crippen molar-refractivity contribution < 1.29 is 9.66 Å². The first-order valence-corrected chi connectivity index (χ1v) is 6.45. The van der Waals surface area contributed by atoms with Gasteiger partial charge in [-0.25, -0.2) is 0 Å². The summed E-state index contributed by atoms with van der Waals surface area (Å²) in [6.45, 7) is 4.13. The third-order valence-corrected chi connectivity index (χ3v) is 3.35. The summed E-state index contributed by atoms with van der Waals surface area (Å²) in [6.07, 6.45) is 0.954. The molecule has 0 bridgehead atoms. The Morgan fingerprint density at radius 3 is 2.89 bits per heavy atom. The average Bonchev–Trinajstić information content (AvgIpc) is 2.91. The van der Waals surface area contributed by atoms with Gasteiger partial charge in [-0.1, -0.05) is 0 Å². The van der Waals surface area contributed by atoms with E-state index in [2.05, 4.69) is 10.2 Å². The number of rotatable bonds is 5. The maximum Gasteiger partial charge on any atom is 0.273 e. The minimum absolute atomic E-state index is 0.110. The molecule has 6 heteroatoms. The Hall–Kier alpha value is -1.82. The summed E-state index contributed by atoms with van der Waals surface area (Å²) in [5.41, 5.74) is 1.73. The Morgan fingerprint density at radius 2 is 2.32 bits per heavy atom. The molecule has 1 heterocycles. The average molecular weight is 265 g/mol. The predicted molar refractivity (Wildman–Crippen MR) is 74.9 cm³/mol. The van der Waals surface area contributed by atoms with Gasteiger partial charge in [0.05, 0.1) is 17.6 Å². The number of nitrogens with one attached hydrogen (secondary N) is 1. The normalized spacial score (nSPS) is 18.3. The van der Waals surface area contributed by atoms with E-state index < -0.39 is 0 Å². The van der Waals surface area contributed by atoms with Crippen LogP contribution in [0.1, 0.15) is 13.3 Å². The lowest BCUT2D eigenvalue weighted by Crippen LogP contribution is -2.31. The second-order valence-electron chi connectivity index (χ2n) is 4.65. The van der Waals surface area contributed by atoms with E-state index in [1.807, 2.05) is 20.0 Å². The Morgan fingerprint density at radius 1 is 1.53 bits per heavy atom. The monoisotopic (exact) mass is 265 g/mol. The van der Waals surface area contributed by atoms with Crippen molar-refractivity contribution >= 4 is 17.1 Å². The minimum Gasteiger partial charge on any atom is -0.385 e. The molecule has 19 heavy (non-hydrogen) atoms. The molecule has 1 aliphatic heterocycles. The quantitative estimate of drug-likeness (QED) is 0.653. The molecule has 1 aromatic rings. The molecule has 0 radical (unpaired) electrons. The lowest BCUT2D eigenvalue weighted by Gasteiger charge is -2.25. The number of hydrogen-bond acceptors (Lipinski definition) is 5. The first kappa shape index (κ1) is 13.6. The summed E-state index contributed by atoms with van der Waals surface area (Å²) in [5.74, 6) is 0. The van der Waals surface area contributed by atoms with Gasteiger partial charge in [-0.15, -0.1) is 0 Å². The molecule has 1 N–H and O–H groups in total. The standard InChI is InChI=1S/C13H19N3O3/c1-3-14-10-6-12(8-13(7-10)16(17)18)15(2)11-4-5-19-9-11/h6-8,11,14H,3-5,9H2,1-2H3. The minimum atomic E-state index is -0.358. The van der Waals surface area contributed by atoms with Crippen LogP contribution in [0.3, 0.4) is 0 Å². The molecule has 0 saturated carbocycles. The van der Waals surface area contributed by atoms with Crippen LogP contribution in [0.15, 0.2) is 18.2 Å². The van der Waals surface area contributed by atoms with E-state index in [9.17, 15) is 10.1 Å². The molecule has 0 spiro atoms. The van der Waals surface area contributed by atoms with Crippen molar-refractivity contribution in [2.45, 2.75) is 19.4 Å². The van der Waals surface area contributed by atoms with Crippen molar-refractivity contribution in [1.29, 1.82) is 0 Å². The SMILES string of the molecule is CCNc1cc(N(C)C2CCOC2)cc([N+](=O)[O-])c1. The van der Waals surface area contributed by atoms with Crippen LogP contribution in [0.4, 0.5) is 17.1 Å². The second kappa shape index (κ2) is 5.88. The van der Waals surface area contributed by atoms with Crippen LogP contribution in [-0.2, 0) is 4.74 Å². The smallest absolute Gasteiger partial charge is 0.273 e. The van der Waals surface area contributed by atoms with Crippen molar-refractivity contribution in [3.05, 3.63) is 28.3 Å². The second-order valence-corrected chi connectivity index (χ2v) is 4.65. The van der Waals surface area contributed by atoms with Crippen LogP contribution in [0.5, 0.6) is 0 Å². The predicted octanol–water partition coefficient (Wildman–Crippen LogP) is 2.25. The van der Waals surface area contributed by atoms with Gasteiger partial charge in [0.15, 0.2) is 0 Å². The van der Waals surface area contributed by atoms with Gasteiger partial charge in [-0.3, -0.25) is 10.1 Å². The van der Waals surface area contributed by atoms with Crippen molar-refractivity contribution in [2.75, 3.05) is 37.0 Å². The Balaban J connectivity index is 2.29. The highest BCUT2D eigenvalue weighted by Crippen LogP contribution is 2.28. The molecule has 1 unspecified atom stereocenters. The lowest BCUT2D eigenvalue weighted by atomic mass is 10.1. The van der Waals surface area contributed by atoms with Gasteiger partial charge in [0.2, 0.25) is 0 Å². The largest absolute Gasteiger partial charge is 0.385 e. The molecule has 2 rings (SSSR count). The molecule has 1 aliphatic rings. The topological polar surface area (TPSA) is 67.6 Å². The van der Waals surface area contributed by atoms with Gasteiger partial charge < -0.3 is 15.0 Å². The number of non-ortho nitro benzene ring substituents is 1. The molecular weight excluding hydrogens is 246 g/mol. The third kappa shape index (κ3) is 3.14. The van der Waals surface area contributed by atoms with Gasteiger partial charge >= 0.3 is 0 Å². The maximum absolute atomic E-state index is 11.0. The Kier molecular flexibility index (Phi) is 4.21. The van der Waals surface area contributed by atoms with Gasteiger partial charge in [-0.2, -0.15) is 0 Å². The number of nitrogens with zero attached hydrogens (tertiary/aromatic N) is 2. The van der Waals surface area contributed by atoms with Crippen molar-refractivity contribution in [1.82, 2.24) is 0 Å². The van der Waals surface area contributed by atoms with E-state index >= 15 is 0 Å². The number of anilines is 2. The van der Waals surface area contributed by atoms with Crippen molar-refractivity contribution in [2.24, 2.45) is 0 Å². The molecule has 0 amide bonds. The van der Waals surface area contributed by atoms with Gasteiger partial charge in [0.1, 0.15) is 0 Å². The Bertz CT molecular complexity index is 458. The van der Waals surface area contributed by atoms with E-state index in [-0.39, 0.29) is 16.7 Å². The summed E-state index contributed by atoms with van der Waals surface area (Å²) < 4.78 is 5.36. The highest BCUT2D eigenvalue weighted by molar-refractivity contribution is 5.64. The summed E-state index contributed by atoms with van der Waals surface area (Å²) in [7, 11) is 1.95. The van der Waals surface area contributed by atoms with Crippen LogP contribution >= 0.6 is 0 Å². The number of ether oxygens (including phenoxy) is 1. The van der Waals surface area contributed by atoms with Crippen LogP contribution in [-0.4, -0.2) is 37.8 Å². The van der Waals surface area contributed by atoms with Crippen LogP contribution in [0, 0.1) is 10.1 Å². The summed E-state index contributed by atoms with van der Waals surface area (Å²) in [5, 5.41) is 14.1. The van der Waals surface area contributed by atoms with E-state index in [1.54, 1.807) is 12.1 Å². The summed E-state index contributed by atoms with van der Waals surface area (Å²) >= 11 is 0. The van der Waals surface area contributed by atoms with E-state index in [4.69, 9.17) is 4.74 Å². The first-order chi connectivity index (χ1) is 9.11. The van der Waals surface area contributed by atoms with E-state index in [0.717, 1.165) is 30.9 Å². The highest BCUT2D eigenvalue weighted by Gasteiger charge is 2.22. The van der Waals surface area contributed by atoms with Crippen LogP contribution < -0.4 is 10.2 Å². The number of nitro groups is 1. The molecule has 0 aliphatic carbocycles. The van der Waals surface area contributed by atoms with Gasteiger partial charge in [-0.05, 0) is 19.4 Å². The summed E-state index contributed by atoms with van der Waals surface area (Å²) in [4.78, 5) is 12.7. The first-order valence-electron chi connectivity index (χ1n) is 6.45. The molecular formula is C13H19N3O3. The van der Waals surface area contributed by atoms with Crippen LogP contribution in [0.25, 0.3) is 0 Å². The molecule has 6 nitrogen and oxygen atoms in total. The van der Waals surface area contributed by atoms with Crippen molar-refractivity contribution in [3.63, 3.8) is 0 Å². The molecule has 0 aromatic heterocycles. The summed E-state index contributed by atoms with van der Waals surface area (Å²) in [6, 6.07) is 5.40. The van der Waals surface area contributed by atoms with Crippen LogP contribution in [0.2, 0.25) is 0 Å². The number of nitro benzene ring substituents is 1. The zero-order chi connectivity index (χ0) is 13.8. The number of likely N-dealkylation sites (N-methyl/N-ethyl adjacent to an activating group) is 1. The van der Waals surface area contributed by atoms with Crippen molar-refractivity contribution in [3.8, 4) is 0 Å². The fourth-order valence-corrected chi connectivity index (χ4v) is 2.25. The zero-order valence-corrected chi connectivity index (χ0v) is 11.3. The molecule has 1 aromatic carbocycles. The van der Waals surface area contributed by atoms with Gasteiger partial charge in [0.25, 0.3) is 5.69 Å².